The number of nitrogens with two attached hydrogens (primary N) is 1. The first-order chi connectivity index (χ1) is 7.04. The van der Waals surface area contributed by atoms with Gasteiger partial charge in [-0.1, -0.05) is 23.6 Å². The number of hydrogen-bond acceptors (Lipinski definition) is 5. The monoisotopic (exact) mass is 242 g/mol. The first kappa shape index (κ1) is 10.4. The van der Waals surface area contributed by atoms with Crippen molar-refractivity contribution in [2.75, 3.05) is 5.32 Å². The zero-order valence-electron chi connectivity index (χ0n) is 8.11. The van der Waals surface area contributed by atoms with Gasteiger partial charge in [0.15, 0.2) is 0 Å². The number of anilines is 1. The maximum Gasteiger partial charge on any atom is 0.239 e. The Hall–Kier alpha value is -1.08. The van der Waals surface area contributed by atoms with Crippen molar-refractivity contribution in [1.29, 1.82) is 0 Å². The van der Waals surface area contributed by atoms with E-state index in [4.69, 9.17) is 18.0 Å². The van der Waals surface area contributed by atoms with E-state index in [0.717, 1.165) is 17.8 Å². The Kier molecular flexibility index (Phi) is 2.43. The van der Waals surface area contributed by atoms with Crippen LogP contribution in [0.2, 0.25) is 0 Å². The Bertz CT molecular complexity index is 424. The van der Waals surface area contributed by atoms with Gasteiger partial charge in [-0.05, 0) is 19.8 Å². The van der Waals surface area contributed by atoms with Gasteiger partial charge < -0.3 is 5.73 Å². The number of nitrogens with one attached hydrogen (secondary N) is 1. The van der Waals surface area contributed by atoms with E-state index in [9.17, 15) is 4.79 Å². The SMILES string of the molecule is Cc1nnc(NC(=O)C2(C(N)=S)CC2)s1. The predicted molar refractivity (Wildman–Crippen MR) is 61.7 cm³/mol. The molecule has 1 heterocycles. The third-order valence-electron chi connectivity index (χ3n) is 2.40. The molecule has 0 saturated heterocycles. The topological polar surface area (TPSA) is 80.9 Å². The highest BCUT2D eigenvalue weighted by molar-refractivity contribution is 7.80. The lowest BCUT2D eigenvalue weighted by Gasteiger charge is -2.11. The van der Waals surface area contributed by atoms with Gasteiger partial charge in [-0.15, -0.1) is 10.2 Å². The van der Waals surface area contributed by atoms with E-state index in [-0.39, 0.29) is 10.9 Å². The smallest absolute Gasteiger partial charge is 0.239 e. The predicted octanol–water partition coefficient (Wildman–Crippen LogP) is 0.851. The molecule has 1 saturated carbocycles. The number of carbonyl (C=O) groups is 1. The lowest BCUT2D eigenvalue weighted by atomic mass is 10.1. The molecule has 0 bridgehead atoms. The van der Waals surface area contributed by atoms with E-state index >= 15 is 0 Å². The summed E-state index contributed by atoms with van der Waals surface area (Å²) < 4.78 is 0. The number of rotatable bonds is 3. The van der Waals surface area contributed by atoms with Gasteiger partial charge in [-0.3, -0.25) is 10.1 Å². The second-order valence-corrected chi connectivity index (χ2v) is 5.15. The quantitative estimate of drug-likeness (QED) is 0.768. The maximum atomic E-state index is 11.8. The average Bonchev–Trinajstić information content (AvgIpc) is 2.88. The number of thiocarbonyl (C=S) groups is 1. The van der Waals surface area contributed by atoms with Crippen LogP contribution in [0.3, 0.4) is 0 Å². The zero-order valence-corrected chi connectivity index (χ0v) is 9.74. The number of aromatic nitrogens is 2. The lowest BCUT2D eigenvalue weighted by Crippen LogP contribution is -2.34. The van der Waals surface area contributed by atoms with Gasteiger partial charge in [0, 0.05) is 0 Å². The number of carbonyl (C=O) groups excluding carboxylic acids is 1. The first-order valence-electron chi connectivity index (χ1n) is 4.46. The highest BCUT2D eigenvalue weighted by atomic mass is 32.1. The van der Waals surface area contributed by atoms with Crippen LogP contribution < -0.4 is 11.1 Å². The van der Waals surface area contributed by atoms with Crippen molar-refractivity contribution in [1.82, 2.24) is 10.2 Å². The molecule has 3 N–H and O–H groups in total. The van der Waals surface area contributed by atoms with Crippen LogP contribution in [-0.2, 0) is 4.79 Å². The molecule has 0 spiro atoms. The van der Waals surface area contributed by atoms with Gasteiger partial charge in [-0.25, -0.2) is 0 Å². The minimum Gasteiger partial charge on any atom is -0.392 e. The highest BCUT2D eigenvalue weighted by Crippen LogP contribution is 2.46. The van der Waals surface area contributed by atoms with Crippen LogP contribution in [0.15, 0.2) is 0 Å². The fourth-order valence-corrected chi connectivity index (χ4v) is 2.16. The van der Waals surface area contributed by atoms with Gasteiger partial charge in [0.1, 0.15) is 5.01 Å². The molecule has 80 valence electrons. The molecule has 7 heteroatoms. The van der Waals surface area contributed by atoms with Crippen LogP contribution in [-0.4, -0.2) is 21.1 Å². The number of hydrogen-bond donors (Lipinski definition) is 2. The van der Waals surface area contributed by atoms with Crippen molar-refractivity contribution < 1.29 is 4.79 Å². The summed E-state index contributed by atoms with van der Waals surface area (Å²) in [5.41, 5.74) is 4.90. The summed E-state index contributed by atoms with van der Waals surface area (Å²) in [6, 6.07) is 0. The van der Waals surface area contributed by atoms with Gasteiger partial charge >= 0.3 is 0 Å². The minimum atomic E-state index is -0.630. The van der Waals surface area contributed by atoms with Crippen molar-refractivity contribution >= 4 is 39.6 Å². The average molecular weight is 242 g/mol. The summed E-state index contributed by atoms with van der Waals surface area (Å²) in [5.74, 6) is -0.161. The number of nitrogens with zero attached hydrogens (tertiary/aromatic N) is 2. The van der Waals surface area contributed by atoms with E-state index in [1.54, 1.807) is 0 Å². The molecule has 1 aromatic rings. The van der Waals surface area contributed by atoms with Gasteiger partial charge in [0.05, 0.1) is 10.4 Å². The zero-order chi connectivity index (χ0) is 11.1. The van der Waals surface area contributed by atoms with Gasteiger partial charge in [0.25, 0.3) is 0 Å². The normalized spacial score (nSPS) is 17.1. The number of aryl methyl sites for hydroxylation is 1. The summed E-state index contributed by atoms with van der Waals surface area (Å²) in [6.07, 6.45) is 1.46. The molecule has 1 aromatic heterocycles. The molecule has 0 unspecified atom stereocenters. The largest absolute Gasteiger partial charge is 0.392 e. The second kappa shape index (κ2) is 3.49. The van der Waals surface area contributed by atoms with Crippen LogP contribution in [0.1, 0.15) is 17.8 Å². The van der Waals surface area contributed by atoms with Crippen LogP contribution in [0.5, 0.6) is 0 Å². The Morgan fingerprint density at radius 2 is 2.27 bits per heavy atom. The lowest BCUT2D eigenvalue weighted by molar-refractivity contribution is -0.118. The Morgan fingerprint density at radius 1 is 1.60 bits per heavy atom. The van der Waals surface area contributed by atoms with Crippen LogP contribution in [0.25, 0.3) is 0 Å². The first-order valence-corrected chi connectivity index (χ1v) is 5.68. The minimum absolute atomic E-state index is 0.161. The van der Waals surface area contributed by atoms with Crippen molar-refractivity contribution in [2.45, 2.75) is 19.8 Å². The standard InChI is InChI=1S/C8H10N4OS2/c1-4-11-12-7(15-4)10-6(13)8(2-3-8)5(9)14/h2-3H2,1H3,(H2,9,14)(H,10,12,13). The van der Waals surface area contributed by atoms with E-state index in [0.29, 0.717) is 5.13 Å². The molecular formula is C8H10N4OS2. The molecule has 1 aliphatic rings. The Labute approximate surface area is 96.1 Å². The summed E-state index contributed by atoms with van der Waals surface area (Å²) in [6.45, 7) is 1.83. The van der Waals surface area contributed by atoms with E-state index < -0.39 is 5.41 Å². The fourth-order valence-electron chi connectivity index (χ4n) is 1.27. The summed E-state index contributed by atoms with van der Waals surface area (Å²) >= 11 is 6.21. The molecule has 0 aliphatic heterocycles. The van der Waals surface area contributed by atoms with E-state index in [1.165, 1.54) is 11.3 Å². The van der Waals surface area contributed by atoms with Gasteiger partial charge in [0.2, 0.25) is 11.0 Å². The maximum absolute atomic E-state index is 11.8. The van der Waals surface area contributed by atoms with E-state index in [2.05, 4.69) is 15.5 Å². The Morgan fingerprint density at radius 3 is 2.67 bits per heavy atom. The van der Waals surface area contributed by atoms with Crippen molar-refractivity contribution in [3.8, 4) is 0 Å². The van der Waals surface area contributed by atoms with Crippen molar-refractivity contribution in [3.63, 3.8) is 0 Å². The second-order valence-electron chi connectivity index (χ2n) is 3.53. The molecule has 0 aromatic carbocycles. The molecule has 0 atom stereocenters. The Balaban J connectivity index is 2.08. The van der Waals surface area contributed by atoms with Crippen LogP contribution in [0.4, 0.5) is 5.13 Å². The number of amides is 1. The molecule has 0 radical (unpaired) electrons. The van der Waals surface area contributed by atoms with Crippen molar-refractivity contribution in [3.05, 3.63) is 5.01 Å². The molecule has 1 aliphatic carbocycles. The van der Waals surface area contributed by atoms with Crippen molar-refractivity contribution in [2.24, 2.45) is 11.1 Å². The highest BCUT2D eigenvalue weighted by Gasteiger charge is 2.52. The summed E-state index contributed by atoms with van der Waals surface area (Å²) in [7, 11) is 0. The summed E-state index contributed by atoms with van der Waals surface area (Å²) in [4.78, 5) is 12.1. The molecule has 5 nitrogen and oxygen atoms in total. The molecule has 15 heavy (non-hydrogen) atoms. The molecule has 1 amide bonds. The van der Waals surface area contributed by atoms with Crippen LogP contribution >= 0.6 is 23.6 Å². The van der Waals surface area contributed by atoms with E-state index in [1.807, 2.05) is 6.92 Å². The molecular weight excluding hydrogens is 232 g/mol. The molecule has 2 rings (SSSR count). The third kappa shape index (κ3) is 1.84. The molecule has 1 fully saturated rings. The van der Waals surface area contributed by atoms with Crippen LogP contribution in [0, 0.1) is 12.3 Å². The fraction of sp³-hybridized carbons (Fsp3) is 0.500. The van der Waals surface area contributed by atoms with Gasteiger partial charge in [-0.2, -0.15) is 0 Å². The summed E-state index contributed by atoms with van der Waals surface area (Å²) in [5, 5.41) is 11.6. The third-order valence-corrected chi connectivity index (χ3v) is 3.55.